The Kier molecular flexibility index (Phi) is 23.5. The molecule has 0 bridgehead atoms. The second kappa shape index (κ2) is 32.6. The predicted molar refractivity (Wildman–Crippen MR) is 357 cm³/mol. The Balaban J connectivity index is 0.000000150. The number of carbonyl (C=O) groups excluding carboxylic acids is 2. The van der Waals surface area contributed by atoms with E-state index in [-0.39, 0.29) is 35.9 Å². The van der Waals surface area contributed by atoms with Gasteiger partial charge in [-0.3, -0.25) is 9.59 Å². The van der Waals surface area contributed by atoms with Gasteiger partial charge < -0.3 is 49.5 Å². The van der Waals surface area contributed by atoms with Crippen LogP contribution in [0.2, 0.25) is 0 Å². The van der Waals surface area contributed by atoms with Gasteiger partial charge in [0.05, 0.1) is 22.5 Å². The normalized spacial score (nSPS) is 15.3. The highest BCUT2D eigenvalue weighted by Gasteiger charge is 2.20. The van der Waals surface area contributed by atoms with E-state index in [0.717, 1.165) is 54.6 Å². The van der Waals surface area contributed by atoms with E-state index >= 15 is 0 Å². The molecular formula is C73H85F2N11O2. The zero-order chi connectivity index (χ0) is 61.5. The van der Waals surface area contributed by atoms with Gasteiger partial charge in [0.2, 0.25) is 0 Å². The minimum absolute atomic E-state index is 0.224. The summed E-state index contributed by atoms with van der Waals surface area (Å²) in [5.74, 6) is 1.30. The summed E-state index contributed by atoms with van der Waals surface area (Å²) in [5, 5.41) is 16.3. The number of nitrogens with zero attached hydrogens (tertiary/aromatic N) is 2. The van der Waals surface area contributed by atoms with E-state index in [1.165, 1.54) is 142 Å². The van der Waals surface area contributed by atoms with E-state index < -0.39 is 11.8 Å². The Hall–Kier alpha value is -9.08. The van der Waals surface area contributed by atoms with Gasteiger partial charge in [0.15, 0.2) is 0 Å². The first kappa shape index (κ1) is 63.4. The molecule has 3 heterocycles. The number of nitrogens with two attached hydrogens (primary N) is 4. The van der Waals surface area contributed by atoms with Crippen LogP contribution in [0.15, 0.2) is 176 Å². The van der Waals surface area contributed by atoms with Crippen molar-refractivity contribution in [1.82, 2.24) is 15.3 Å². The highest BCUT2D eigenvalue weighted by atomic mass is 19.1. The quantitative estimate of drug-likeness (QED) is 0.0414. The Morgan fingerprint density at radius 2 is 0.943 bits per heavy atom. The lowest BCUT2D eigenvalue weighted by Crippen LogP contribution is -2.26. The average molecular weight is 1190 g/mol. The second-order valence-corrected chi connectivity index (χ2v) is 23.3. The van der Waals surface area contributed by atoms with Crippen LogP contribution in [0.1, 0.15) is 175 Å². The Morgan fingerprint density at radius 1 is 0.489 bits per heavy atom. The molecule has 88 heavy (non-hydrogen) atoms. The molecule has 1 aliphatic heterocycles. The van der Waals surface area contributed by atoms with Crippen LogP contribution in [0.5, 0.6) is 0 Å². The fourth-order valence-corrected chi connectivity index (χ4v) is 12.1. The van der Waals surface area contributed by atoms with Crippen molar-refractivity contribution in [2.75, 3.05) is 45.8 Å². The first-order valence-electron chi connectivity index (χ1n) is 31.3. The van der Waals surface area contributed by atoms with E-state index in [0.29, 0.717) is 46.0 Å². The summed E-state index contributed by atoms with van der Waals surface area (Å²) in [4.78, 5) is 32.3. The molecule has 0 unspecified atom stereocenters. The second-order valence-electron chi connectivity index (χ2n) is 23.3. The number of nitrogen functional groups attached to an aromatic ring is 2. The van der Waals surface area contributed by atoms with E-state index in [1.54, 1.807) is 48.5 Å². The molecule has 0 spiro atoms. The first-order valence-corrected chi connectivity index (χ1v) is 31.3. The number of benzene rings is 6. The molecule has 13 N–H and O–H groups in total. The SMILES string of the molecule is NC(=O)c1cnc(Nc2cccc(C3CCCCC3)c2)cc1NCc1ccccc1F.NC(=O)c1cnc(Nc2cccc(C3CCNCC3)c2)cc1NCc1ccccc1F.Nc1cccc(C2=CCCCC2)c1.Nc1cccc(C2CCCCC2)c1. The van der Waals surface area contributed by atoms with Gasteiger partial charge in [0.25, 0.3) is 11.8 Å². The van der Waals surface area contributed by atoms with Gasteiger partial charge in [-0.25, -0.2) is 18.7 Å². The highest BCUT2D eigenvalue weighted by molar-refractivity contribution is 5.99. The van der Waals surface area contributed by atoms with Crippen LogP contribution in [0.25, 0.3) is 5.57 Å². The van der Waals surface area contributed by atoms with Crippen molar-refractivity contribution in [2.45, 2.75) is 134 Å². The number of anilines is 8. The molecule has 12 rings (SSSR count). The molecule has 6 aromatic carbocycles. The summed E-state index contributed by atoms with van der Waals surface area (Å²) >= 11 is 0. The van der Waals surface area contributed by atoms with Gasteiger partial charge in [0, 0.05) is 71.5 Å². The van der Waals surface area contributed by atoms with Crippen LogP contribution >= 0.6 is 0 Å². The number of allylic oxidation sites excluding steroid dienone is 2. The molecule has 458 valence electrons. The molecule has 8 aromatic rings. The molecule has 0 atom stereocenters. The number of nitrogens with one attached hydrogen (secondary N) is 5. The number of hydrogen-bond donors (Lipinski definition) is 9. The average Bonchev–Trinajstić information content (AvgIpc) is 3.73. The van der Waals surface area contributed by atoms with Crippen molar-refractivity contribution < 1.29 is 18.4 Å². The standard InChI is InChI=1S/C25H27FN4O.C24H26FN5O.C12H17N.C12H15N/c26-22-12-5-4-9-19(22)15-28-23-14-24(29-16-21(23)25(27)31)30-20-11-6-10-18(13-20)17-7-2-1-3-8-17;25-21-7-2-1-4-18(21)14-28-22-13-23(29-15-20(22)24(26)31)30-19-6-3-5-17(12-19)16-8-10-27-11-9-16;2*13-12-8-4-7-11(9-12)10-5-2-1-3-6-10/h4-6,9-14,16-17H,1-3,7-8,15H2,(H2,27,31)(H2,28,29,30);1-7,12-13,15-16,27H,8-11,14H2,(H2,26,31)(H2,28,29,30);4,7-10H,1-3,5-6,13H2;4-5,7-9H,1-3,6,13H2. The monoisotopic (exact) mass is 1190 g/mol. The molecule has 13 nitrogen and oxygen atoms in total. The van der Waals surface area contributed by atoms with Crippen molar-refractivity contribution >= 4 is 63.1 Å². The van der Waals surface area contributed by atoms with Crippen molar-refractivity contribution in [2.24, 2.45) is 11.5 Å². The maximum absolute atomic E-state index is 14.0. The molecular weight excluding hydrogens is 1100 g/mol. The number of primary amides is 2. The number of carbonyl (C=O) groups is 2. The van der Waals surface area contributed by atoms with E-state index in [4.69, 9.17) is 22.9 Å². The number of rotatable bonds is 16. The minimum atomic E-state index is -0.594. The van der Waals surface area contributed by atoms with Crippen LogP contribution in [0.4, 0.5) is 54.5 Å². The van der Waals surface area contributed by atoms with E-state index in [2.05, 4.69) is 103 Å². The number of pyridine rings is 2. The van der Waals surface area contributed by atoms with Crippen molar-refractivity contribution in [3.8, 4) is 0 Å². The number of hydrogen-bond acceptors (Lipinski definition) is 11. The summed E-state index contributed by atoms with van der Waals surface area (Å²) in [7, 11) is 0. The Labute approximate surface area is 517 Å². The van der Waals surface area contributed by atoms with Gasteiger partial charge in [-0.15, -0.1) is 0 Å². The zero-order valence-corrected chi connectivity index (χ0v) is 50.4. The van der Waals surface area contributed by atoms with Gasteiger partial charge in [-0.05, 0) is 184 Å². The fourth-order valence-electron chi connectivity index (χ4n) is 12.1. The van der Waals surface area contributed by atoms with Gasteiger partial charge in [0.1, 0.15) is 23.3 Å². The largest absolute Gasteiger partial charge is 0.399 e. The topological polar surface area (TPSA) is 224 Å². The van der Waals surface area contributed by atoms with Gasteiger partial charge in [-0.1, -0.05) is 130 Å². The molecule has 15 heteroatoms. The van der Waals surface area contributed by atoms with Crippen LogP contribution < -0.4 is 49.5 Å². The van der Waals surface area contributed by atoms with E-state index in [1.807, 2.05) is 36.4 Å². The summed E-state index contributed by atoms with van der Waals surface area (Å²) in [6, 6.07) is 49.8. The molecule has 2 saturated carbocycles. The number of piperidine rings is 1. The predicted octanol–water partition coefficient (Wildman–Crippen LogP) is 16.4. The minimum Gasteiger partial charge on any atom is -0.399 e. The smallest absolute Gasteiger partial charge is 0.252 e. The van der Waals surface area contributed by atoms with Crippen molar-refractivity contribution in [3.05, 3.63) is 232 Å². The fraction of sp³-hybridized carbons (Fsp3) is 0.315. The van der Waals surface area contributed by atoms with Crippen molar-refractivity contribution in [1.29, 1.82) is 0 Å². The molecule has 1 saturated heterocycles. The third-order valence-electron chi connectivity index (χ3n) is 16.9. The van der Waals surface area contributed by atoms with Crippen molar-refractivity contribution in [3.63, 3.8) is 0 Å². The molecule has 2 amide bonds. The van der Waals surface area contributed by atoms with Gasteiger partial charge >= 0.3 is 0 Å². The molecule has 0 radical (unpaired) electrons. The van der Waals surface area contributed by atoms with Gasteiger partial charge in [-0.2, -0.15) is 0 Å². The lowest BCUT2D eigenvalue weighted by atomic mass is 9.84. The molecule has 3 fully saturated rings. The summed E-state index contributed by atoms with van der Waals surface area (Å²) in [6.45, 7) is 2.53. The molecule has 3 aliphatic carbocycles. The molecule has 2 aromatic heterocycles. The maximum atomic E-state index is 14.0. The lowest BCUT2D eigenvalue weighted by molar-refractivity contribution is 0.0992. The lowest BCUT2D eigenvalue weighted by Gasteiger charge is -2.23. The van der Waals surface area contributed by atoms with E-state index in [9.17, 15) is 18.4 Å². The number of amides is 2. The first-order chi connectivity index (χ1) is 42.9. The van der Waals surface area contributed by atoms with Crippen LogP contribution in [0, 0.1) is 11.6 Å². The van der Waals surface area contributed by atoms with Crippen LogP contribution in [-0.2, 0) is 13.1 Å². The third-order valence-corrected chi connectivity index (χ3v) is 16.9. The third kappa shape index (κ3) is 19.0. The number of halogens is 2. The Morgan fingerprint density at radius 3 is 1.40 bits per heavy atom. The maximum Gasteiger partial charge on any atom is 0.252 e. The van der Waals surface area contributed by atoms with Crippen LogP contribution in [0.3, 0.4) is 0 Å². The number of aromatic nitrogens is 2. The highest BCUT2D eigenvalue weighted by Crippen LogP contribution is 2.36. The summed E-state index contributed by atoms with van der Waals surface area (Å²) in [6.07, 6.45) is 25.8. The molecule has 4 aliphatic rings. The zero-order valence-electron chi connectivity index (χ0n) is 50.4. The summed E-state index contributed by atoms with van der Waals surface area (Å²) < 4.78 is 27.9. The summed E-state index contributed by atoms with van der Waals surface area (Å²) in [5.41, 5.74) is 35.6. The Bertz CT molecular complexity index is 3420. The van der Waals surface area contributed by atoms with Crippen LogP contribution in [-0.4, -0.2) is 34.9 Å².